The zero-order chi connectivity index (χ0) is 18.2. The van der Waals surface area contributed by atoms with Crippen molar-refractivity contribution in [2.75, 3.05) is 5.32 Å². The molecule has 0 radical (unpaired) electrons. The Labute approximate surface area is 158 Å². The Morgan fingerprint density at radius 1 is 0.852 bits per heavy atom. The maximum Gasteiger partial charge on any atom is 0.223 e. The van der Waals surface area contributed by atoms with Gasteiger partial charge in [0, 0.05) is 18.7 Å². The predicted molar refractivity (Wildman–Crippen MR) is 105 cm³/mol. The Morgan fingerprint density at radius 3 is 2.30 bits per heavy atom. The molecule has 0 fully saturated rings. The number of hydrogen-bond acceptors (Lipinski definition) is 4. The molecule has 2 aliphatic rings. The molecule has 1 unspecified atom stereocenters. The average Bonchev–Trinajstić information content (AvgIpc) is 3.10. The van der Waals surface area contributed by atoms with E-state index in [4.69, 9.17) is 4.98 Å². The number of nitrogens with zero attached hydrogens (tertiary/aromatic N) is 2. The SMILES string of the molecule is O=C1CC(c2ccccc2)Cc2nc(NC3Cc4ccccc4C3)ncc21. The van der Waals surface area contributed by atoms with Crippen molar-refractivity contribution in [3.05, 3.63) is 88.7 Å². The number of benzene rings is 2. The van der Waals surface area contributed by atoms with E-state index in [9.17, 15) is 4.79 Å². The molecule has 2 aromatic carbocycles. The summed E-state index contributed by atoms with van der Waals surface area (Å²) in [5, 5.41) is 3.47. The first-order chi connectivity index (χ1) is 13.3. The van der Waals surface area contributed by atoms with Gasteiger partial charge < -0.3 is 5.32 Å². The Morgan fingerprint density at radius 2 is 1.56 bits per heavy atom. The van der Waals surface area contributed by atoms with E-state index >= 15 is 0 Å². The standard InChI is InChI=1S/C23H21N3O/c27-22-13-18(15-6-2-1-3-7-15)12-21-20(22)14-24-23(26-21)25-19-10-16-8-4-5-9-17(16)11-19/h1-9,14,18-19H,10-13H2,(H,24,25,26). The highest BCUT2D eigenvalue weighted by molar-refractivity contribution is 5.98. The fraction of sp³-hybridized carbons (Fsp3) is 0.261. The monoisotopic (exact) mass is 355 g/mol. The summed E-state index contributed by atoms with van der Waals surface area (Å²) in [4.78, 5) is 21.7. The summed E-state index contributed by atoms with van der Waals surface area (Å²) >= 11 is 0. The van der Waals surface area contributed by atoms with Gasteiger partial charge >= 0.3 is 0 Å². The molecule has 1 aromatic heterocycles. The van der Waals surface area contributed by atoms with Crippen molar-refractivity contribution in [2.45, 2.75) is 37.6 Å². The highest BCUT2D eigenvalue weighted by atomic mass is 16.1. The number of hydrogen-bond donors (Lipinski definition) is 1. The van der Waals surface area contributed by atoms with Crippen molar-refractivity contribution >= 4 is 11.7 Å². The number of carbonyl (C=O) groups is 1. The molecule has 134 valence electrons. The van der Waals surface area contributed by atoms with Gasteiger partial charge in [0.05, 0.1) is 11.3 Å². The van der Waals surface area contributed by atoms with Gasteiger partial charge in [0.1, 0.15) is 0 Å². The van der Waals surface area contributed by atoms with Crippen LogP contribution < -0.4 is 5.32 Å². The van der Waals surface area contributed by atoms with Crippen molar-refractivity contribution in [3.63, 3.8) is 0 Å². The minimum Gasteiger partial charge on any atom is -0.351 e. The molecule has 5 rings (SSSR count). The van der Waals surface area contributed by atoms with E-state index in [-0.39, 0.29) is 11.7 Å². The molecule has 0 spiro atoms. The molecule has 3 aromatic rings. The summed E-state index contributed by atoms with van der Waals surface area (Å²) in [5.41, 5.74) is 5.55. The van der Waals surface area contributed by atoms with Crippen LogP contribution >= 0.6 is 0 Å². The van der Waals surface area contributed by atoms with Crippen LogP contribution in [0.5, 0.6) is 0 Å². The predicted octanol–water partition coefficient (Wildman–Crippen LogP) is 3.97. The van der Waals surface area contributed by atoms with Crippen LogP contribution in [0.4, 0.5) is 5.95 Å². The lowest BCUT2D eigenvalue weighted by molar-refractivity contribution is 0.0962. The van der Waals surface area contributed by atoms with E-state index in [1.165, 1.54) is 16.7 Å². The molecule has 0 aliphatic heterocycles. The van der Waals surface area contributed by atoms with Gasteiger partial charge in [0.2, 0.25) is 5.95 Å². The van der Waals surface area contributed by atoms with Gasteiger partial charge in [-0.1, -0.05) is 54.6 Å². The van der Waals surface area contributed by atoms with E-state index in [0.717, 1.165) is 25.0 Å². The molecule has 1 N–H and O–H groups in total. The number of nitrogens with one attached hydrogen (secondary N) is 1. The van der Waals surface area contributed by atoms with Crippen molar-refractivity contribution in [1.29, 1.82) is 0 Å². The number of aromatic nitrogens is 2. The van der Waals surface area contributed by atoms with Crippen LogP contribution in [0.1, 0.15) is 45.1 Å². The quantitative estimate of drug-likeness (QED) is 0.772. The van der Waals surface area contributed by atoms with Crippen molar-refractivity contribution in [3.8, 4) is 0 Å². The highest BCUT2D eigenvalue weighted by Gasteiger charge is 2.28. The molecule has 1 atom stereocenters. The van der Waals surface area contributed by atoms with Crippen LogP contribution in [0, 0.1) is 0 Å². The second kappa shape index (κ2) is 6.62. The van der Waals surface area contributed by atoms with Crippen molar-refractivity contribution in [2.24, 2.45) is 0 Å². The molecule has 27 heavy (non-hydrogen) atoms. The number of rotatable bonds is 3. The first kappa shape index (κ1) is 16.2. The van der Waals surface area contributed by atoms with Gasteiger partial charge in [-0.25, -0.2) is 9.97 Å². The van der Waals surface area contributed by atoms with Gasteiger partial charge in [-0.3, -0.25) is 4.79 Å². The van der Waals surface area contributed by atoms with Crippen LogP contribution in [-0.2, 0) is 19.3 Å². The van der Waals surface area contributed by atoms with Crippen LogP contribution in [0.2, 0.25) is 0 Å². The Bertz CT molecular complexity index is 975. The van der Waals surface area contributed by atoms with E-state index in [2.05, 4.69) is 46.7 Å². The average molecular weight is 355 g/mol. The van der Waals surface area contributed by atoms with E-state index in [1.807, 2.05) is 18.2 Å². The summed E-state index contributed by atoms with van der Waals surface area (Å²) in [6.07, 6.45) is 5.00. The second-order valence-electron chi connectivity index (χ2n) is 7.51. The molecular weight excluding hydrogens is 334 g/mol. The minimum absolute atomic E-state index is 0.143. The minimum atomic E-state index is 0.143. The number of anilines is 1. The molecule has 4 nitrogen and oxygen atoms in total. The lowest BCUT2D eigenvalue weighted by Crippen LogP contribution is -2.24. The summed E-state index contributed by atoms with van der Waals surface area (Å²) in [5.74, 6) is 0.975. The molecule has 2 aliphatic carbocycles. The van der Waals surface area contributed by atoms with E-state index in [1.54, 1.807) is 6.20 Å². The van der Waals surface area contributed by atoms with E-state index < -0.39 is 0 Å². The van der Waals surface area contributed by atoms with Gasteiger partial charge in [-0.2, -0.15) is 0 Å². The van der Waals surface area contributed by atoms with Gasteiger partial charge in [0.25, 0.3) is 0 Å². The van der Waals surface area contributed by atoms with Crippen LogP contribution in [0.15, 0.2) is 60.8 Å². The Hall–Kier alpha value is -3.01. The third-order valence-electron chi connectivity index (χ3n) is 5.69. The third kappa shape index (κ3) is 3.12. The van der Waals surface area contributed by atoms with Crippen LogP contribution in [-0.4, -0.2) is 21.8 Å². The molecule has 0 amide bonds. The zero-order valence-corrected chi connectivity index (χ0v) is 15.1. The summed E-state index contributed by atoms with van der Waals surface area (Å²) in [6.45, 7) is 0. The van der Waals surface area contributed by atoms with Gasteiger partial charge in [0.15, 0.2) is 5.78 Å². The number of ketones is 1. The molecule has 4 heteroatoms. The number of Topliss-reactive ketones (excluding diaryl/α,β-unsaturated/α-hetero) is 1. The molecule has 0 saturated heterocycles. The van der Waals surface area contributed by atoms with Gasteiger partial charge in [-0.15, -0.1) is 0 Å². The summed E-state index contributed by atoms with van der Waals surface area (Å²) in [7, 11) is 0. The number of fused-ring (bicyclic) bond motifs is 2. The van der Waals surface area contributed by atoms with Gasteiger partial charge in [-0.05, 0) is 41.9 Å². The summed E-state index contributed by atoms with van der Waals surface area (Å²) < 4.78 is 0. The molecule has 0 bridgehead atoms. The molecular formula is C23H21N3O. The van der Waals surface area contributed by atoms with Crippen molar-refractivity contribution < 1.29 is 4.79 Å². The fourth-order valence-electron chi connectivity index (χ4n) is 4.32. The maximum atomic E-state index is 12.6. The van der Waals surface area contributed by atoms with Crippen LogP contribution in [0.3, 0.4) is 0 Å². The van der Waals surface area contributed by atoms with E-state index in [0.29, 0.717) is 24.0 Å². The molecule has 0 saturated carbocycles. The lowest BCUT2D eigenvalue weighted by atomic mass is 9.82. The zero-order valence-electron chi connectivity index (χ0n) is 15.1. The maximum absolute atomic E-state index is 12.6. The van der Waals surface area contributed by atoms with Crippen molar-refractivity contribution in [1.82, 2.24) is 9.97 Å². The number of carbonyl (C=O) groups excluding carboxylic acids is 1. The normalized spacial score (nSPS) is 18.8. The Balaban J connectivity index is 1.36. The first-order valence-corrected chi connectivity index (χ1v) is 9.53. The third-order valence-corrected chi connectivity index (χ3v) is 5.69. The smallest absolute Gasteiger partial charge is 0.223 e. The fourth-order valence-corrected chi connectivity index (χ4v) is 4.32. The second-order valence-corrected chi connectivity index (χ2v) is 7.51. The first-order valence-electron chi connectivity index (χ1n) is 9.53. The van der Waals surface area contributed by atoms with Crippen LogP contribution in [0.25, 0.3) is 0 Å². The topological polar surface area (TPSA) is 54.9 Å². The Kier molecular flexibility index (Phi) is 3.97. The lowest BCUT2D eigenvalue weighted by Gasteiger charge is -2.23. The summed E-state index contributed by atoms with van der Waals surface area (Å²) in [6, 6.07) is 19.1. The highest BCUT2D eigenvalue weighted by Crippen LogP contribution is 2.32. The largest absolute Gasteiger partial charge is 0.351 e. The molecule has 1 heterocycles.